The number of carboxylic acids is 1. The van der Waals surface area contributed by atoms with Gasteiger partial charge in [-0.3, -0.25) is 24.1 Å². The number of carboxylic acid groups (broad SMARTS) is 1. The summed E-state index contributed by atoms with van der Waals surface area (Å²) in [6, 6.07) is 14.0. The molecule has 1 saturated carbocycles. The molecule has 3 atom stereocenters. The Labute approximate surface area is 192 Å². The Bertz CT molecular complexity index is 1110. The Morgan fingerprint density at radius 2 is 1.48 bits per heavy atom. The predicted octanol–water partition coefficient (Wildman–Crippen LogP) is 3.30. The second-order valence-corrected chi connectivity index (χ2v) is 9.10. The minimum absolute atomic E-state index is 0.0551. The second-order valence-electron chi connectivity index (χ2n) is 9.10. The molecule has 0 saturated heterocycles. The lowest BCUT2D eigenvalue weighted by atomic mass is 9.77. The number of benzene rings is 2. The van der Waals surface area contributed by atoms with Crippen LogP contribution in [-0.4, -0.2) is 51.7 Å². The third-order valence-electron chi connectivity index (χ3n) is 7.33. The summed E-state index contributed by atoms with van der Waals surface area (Å²) in [6.45, 7) is 0.492. The first-order chi connectivity index (χ1) is 16.0. The van der Waals surface area contributed by atoms with Crippen molar-refractivity contribution < 1.29 is 24.3 Å². The average Bonchev–Trinajstić information content (AvgIpc) is 3.08. The lowest BCUT2D eigenvalue weighted by Crippen LogP contribution is -2.50. The number of amides is 3. The van der Waals surface area contributed by atoms with Crippen molar-refractivity contribution in [3.63, 3.8) is 0 Å². The summed E-state index contributed by atoms with van der Waals surface area (Å²) in [6.07, 6.45) is 3.34. The van der Waals surface area contributed by atoms with E-state index in [0.29, 0.717) is 36.9 Å². The summed E-state index contributed by atoms with van der Waals surface area (Å²) < 4.78 is 0. The fourth-order valence-electron chi connectivity index (χ4n) is 5.63. The maximum Gasteiger partial charge on any atom is 0.307 e. The molecule has 1 aliphatic carbocycles. The van der Waals surface area contributed by atoms with Gasteiger partial charge in [-0.25, -0.2) is 0 Å². The number of hydrogen-bond donors (Lipinski definition) is 1. The highest BCUT2D eigenvalue weighted by Crippen LogP contribution is 2.38. The van der Waals surface area contributed by atoms with Crippen molar-refractivity contribution in [3.8, 4) is 0 Å². The Balaban J connectivity index is 1.48. The van der Waals surface area contributed by atoms with Crippen molar-refractivity contribution in [1.82, 2.24) is 9.80 Å². The molecule has 3 aliphatic rings. The normalized spacial score (nSPS) is 24.4. The molecule has 0 bridgehead atoms. The Kier molecular flexibility index (Phi) is 5.48. The van der Waals surface area contributed by atoms with Crippen LogP contribution in [-0.2, 0) is 16.0 Å². The second kappa shape index (κ2) is 8.46. The minimum atomic E-state index is -0.928. The number of rotatable bonds is 4. The van der Waals surface area contributed by atoms with Crippen LogP contribution in [0.3, 0.4) is 0 Å². The molecule has 1 N–H and O–H groups in total. The largest absolute Gasteiger partial charge is 0.481 e. The molecule has 2 heterocycles. The molecule has 170 valence electrons. The smallest absolute Gasteiger partial charge is 0.307 e. The van der Waals surface area contributed by atoms with Gasteiger partial charge in [0.1, 0.15) is 0 Å². The number of hydrogen-bond acceptors (Lipinski definition) is 4. The molecule has 1 fully saturated rings. The first-order valence-electron chi connectivity index (χ1n) is 11.5. The van der Waals surface area contributed by atoms with Crippen LogP contribution in [0.1, 0.15) is 63.6 Å². The first kappa shape index (κ1) is 21.4. The van der Waals surface area contributed by atoms with Gasteiger partial charge in [-0.15, -0.1) is 0 Å². The van der Waals surface area contributed by atoms with Gasteiger partial charge in [0, 0.05) is 6.54 Å². The lowest BCUT2D eigenvalue weighted by Gasteiger charge is -2.42. The van der Waals surface area contributed by atoms with Gasteiger partial charge in [0.2, 0.25) is 5.91 Å². The van der Waals surface area contributed by atoms with Gasteiger partial charge in [-0.2, -0.15) is 0 Å². The molecule has 33 heavy (non-hydrogen) atoms. The highest BCUT2D eigenvalue weighted by atomic mass is 16.4. The lowest BCUT2D eigenvalue weighted by molar-refractivity contribution is -0.153. The predicted molar refractivity (Wildman–Crippen MR) is 119 cm³/mol. The Morgan fingerprint density at radius 1 is 0.879 bits per heavy atom. The van der Waals surface area contributed by atoms with Crippen LogP contribution in [0, 0.1) is 11.8 Å². The van der Waals surface area contributed by atoms with E-state index in [1.807, 2.05) is 24.3 Å². The molecule has 0 unspecified atom stereocenters. The topological polar surface area (TPSA) is 95.0 Å². The van der Waals surface area contributed by atoms with Crippen molar-refractivity contribution in [1.29, 1.82) is 0 Å². The van der Waals surface area contributed by atoms with Gasteiger partial charge in [-0.05, 0) is 42.5 Å². The summed E-state index contributed by atoms with van der Waals surface area (Å²) >= 11 is 0. The molecule has 2 aromatic carbocycles. The summed E-state index contributed by atoms with van der Waals surface area (Å²) in [4.78, 5) is 54.6. The number of carbonyl (C=O) groups excluding carboxylic acids is 3. The zero-order valence-corrected chi connectivity index (χ0v) is 18.3. The van der Waals surface area contributed by atoms with E-state index in [2.05, 4.69) is 0 Å². The van der Waals surface area contributed by atoms with Crippen LogP contribution in [0.2, 0.25) is 0 Å². The van der Waals surface area contributed by atoms with Gasteiger partial charge in [0.15, 0.2) is 0 Å². The summed E-state index contributed by atoms with van der Waals surface area (Å²) in [7, 11) is 0. The quantitative estimate of drug-likeness (QED) is 0.727. The summed E-state index contributed by atoms with van der Waals surface area (Å²) in [5.41, 5.74) is 2.75. The van der Waals surface area contributed by atoms with E-state index < -0.39 is 23.8 Å². The molecule has 2 aromatic rings. The van der Waals surface area contributed by atoms with Gasteiger partial charge in [0.25, 0.3) is 11.8 Å². The molecular formula is C26H26N2O5. The standard InChI is InChI=1S/C26H26N2O5/c29-23(20-11-5-6-12-21(20)26(32)33)27-14-13-16-7-1-2-8-17(16)22(27)15-28-24(30)18-9-3-4-10-19(18)25(28)31/h1-4,7-10,20-22H,5-6,11-15H2,(H,32,33)/t20-,21-,22+/m0/s1. The maximum atomic E-state index is 13.7. The number of imide groups is 1. The highest BCUT2D eigenvalue weighted by Gasteiger charge is 2.44. The van der Waals surface area contributed by atoms with Crippen LogP contribution in [0.15, 0.2) is 48.5 Å². The number of carbonyl (C=O) groups is 4. The summed E-state index contributed by atoms with van der Waals surface area (Å²) in [5.74, 6) is -3.09. The Morgan fingerprint density at radius 3 is 2.15 bits per heavy atom. The van der Waals surface area contributed by atoms with Crippen LogP contribution < -0.4 is 0 Å². The molecule has 0 spiro atoms. The van der Waals surface area contributed by atoms with E-state index in [9.17, 15) is 24.3 Å². The number of nitrogens with zero attached hydrogens (tertiary/aromatic N) is 2. The van der Waals surface area contributed by atoms with Crippen LogP contribution in [0.25, 0.3) is 0 Å². The average molecular weight is 447 g/mol. The maximum absolute atomic E-state index is 13.7. The fourth-order valence-corrected chi connectivity index (χ4v) is 5.63. The highest BCUT2D eigenvalue weighted by molar-refractivity contribution is 6.21. The molecule has 0 radical (unpaired) electrons. The van der Waals surface area contributed by atoms with E-state index in [4.69, 9.17) is 0 Å². The Hall–Kier alpha value is -3.48. The molecular weight excluding hydrogens is 420 g/mol. The van der Waals surface area contributed by atoms with E-state index in [0.717, 1.165) is 24.0 Å². The SMILES string of the molecule is O=C(O)[C@H]1CCCC[C@@H]1C(=O)N1CCc2ccccc2[C@H]1CN1C(=O)c2ccccc2C1=O. The van der Waals surface area contributed by atoms with Crippen molar-refractivity contribution in [2.45, 2.75) is 38.1 Å². The van der Waals surface area contributed by atoms with E-state index in [1.165, 1.54) is 4.90 Å². The van der Waals surface area contributed by atoms with Crippen molar-refractivity contribution in [2.24, 2.45) is 11.8 Å². The molecule has 7 nitrogen and oxygen atoms in total. The van der Waals surface area contributed by atoms with Gasteiger partial charge < -0.3 is 10.0 Å². The number of aliphatic carboxylic acids is 1. The number of fused-ring (bicyclic) bond motifs is 2. The van der Waals surface area contributed by atoms with Crippen LogP contribution in [0.4, 0.5) is 0 Å². The molecule has 2 aliphatic heterocycles. The molecule has 7 heteroatoms. The van der Waals surface area contributed by atoms with Crippen molar-refractivity contribution in [2.75, 3.05) is 13.1 Å². The van der Waals surface area contributed by atoms with Crippen molar-refractivity contribution in [3.05, 3.63) is 70.8 Å². The minimum Gasteiger partial charge on any atom is -0.481 e. The monoisotopic (exact) mass is 446 g/mol. The zero-order valence-electron chi connectivity index (χ0n) is 18.3. The third-order valence-corrected chi connectivity index (χ3v) is 7.33. The van der Waals surface area contributed by atoms with Crippen LogP contribution >= 0.6 is 0 Å². The fraction of sp³-hybridized carbons (Fsp3) is 0.385. The first-order valence-corrected chi connectivity index (χ1v) is 11.5. The van der Waals surface area contributed by atoms with Gasteiger partial charge >= 0.3 is 5.97 Å². The zero-order chi connectivity index (χ0) is 23.1. The third kappa shape index (κ3) is 3.61. The molecule has 0 aromatic heterocycles. The van der Waals surface area contributed by atoms with Gasteiger partial charge in [0.05, 0.1) is 35.5 Å². The van der Waals surface area contributed by atoms with Crippen molar-refractivity contribution >= 4 is 23.7 Å². The van der Waals surface area contributed by atoms with E-state index in [-0.39, 0.29) is 24.3 Å². The molecule has 3 amide bonds. The molecule has 5 rings (SSSR count). The van der Waals surface area contributed by atoms with E-state index >= 15 is 0 Å². The van der Waals surface area contributed by atoms with Crippen LogP contribution in [0.5, 0.6) is 0 Å². The summed E-state index contributed by atoms with van der Waals surface area (Å²) in [5, 5.41) is 9.71. The van der Waals surface area contributed by atoms with E-state index in [1.54, 1.807) is 29.2 Å². The van der Waals surface area contributed by atoms with Gasteiger partial charge in [-0.1, -0.05) is 49.2 Å².